The van der Waals surface area contributed by atoms with Crippen molar-refractivity contribution < 1.29 is 17.9 Å². The Morgan fingerprint density at radius 2 is 2.00 bits per heavy atom. The highest BCUT2D eigenvalue weighted by atomic mass is 19.4. The highest BCUT2D eigenvalue weighted by molar-refractivity contribution is 5.88. The van der Waals surface area contributed by atoms with Crippen LogP contribution in [-0.4, -0.2) is 28.2 Å². The van der Waals surface area contributed by atoms with Gasteiger partial charge in [-0.15, -0.1) is 0 Å². The molecule has 1 saturated heterocycles. The molecule has 0 saturated carbocycles. The summed E-state index contributed by atoms with van der Waals surface area (Å²) in [7, 11) is 1.65. The molecule has 0 N–H and O–H groups in total. The molecule has 166 valence electrons. The Kier molecular flexibility index (Phi) is 5.55. The van der Waals surface area contributed by atoms with Gasteiger partial charge in [0.2, 0.25) is 0 Å². The molecule has 9 heteroatoms. The van der Waals surface area contributed by atoms with Gasteiger partial charge < -0.3 is 14.2 Å². The van der Waals surface area contributed by atoms with Gasteiger partial charge in [-0.3, -0.25) is 4.79 Å². The van der Waals surface area contributed by atoms with Crippen molar-refractivity contribution in [2.75, 3.05) is 11.4 Å². The summed E-state index contributed by atoms with van der Waals surface area (Å²) < 4.78 is 46.3. The standard InChI is InChI=1S/C23H21F3N4O2/c1-14-10-18(32-17-5-3-4-15(11-17)23(24,25)26)8-9-30(14)20-12-21(31)29(2)19-7-6-16(13-27)28-22(19)20/h3-7,11-12,14,18H,8-10H2,1-2H3/t14-,18+/m1/s1. The van der Waals surface area contributed by atoms with E-state index in [0.717, 1.165) is 12.1 Å². The molecule has 3 aromatic rings. The van der Waals surface area contributed by atoms with Crippen molar-refractivity contribution in [2.45, 2.75) is 38.1 Å². The van der Waals surface area contributed by atoms with E-state index in [4.69, 9.17) is 4.74 Å². The lowest BCUT2D eigenvalue weighted by Crippen LogP contribution is -2.45. The van der Waals surface area contributed by atoms with Crippen LogP contribution in [0.25, 0.3) is 11.0 Å². The zero-order chi connectivity index (χ0) is 23.0. The van der Waals surface area contributed by atoms with Crippen molar-refractivity contribution >= 4 is 16.7 Å². The van der Waals surface area contributed by atoms with Gasteiger partial charge in [-0.05, 0) is 37.3 Å². The van der Waals surface area contributed by atoms with Crippen LogP contribution in [0, 0.1) is 11.3 Å². The fourth-order valence-corrected chi connectivity index (χ4v) is 4.13. The lowest BCUT2D eigenvalue weighted by molar-refractivity contribution is -0.137. The molecule has 2 aromatic heterocycles. The van der Waals surface area contributed by atoms with Gasteiger partial charge in [0.25, 0.3) is 5.56 Å². The van der Waals surface area contributed by atoms with Crippen LogP contribution < -0.4 is 15.2 Å². The normalized spacial score (nSPS) is 19.1. The Bertz CT molecular complexity index is 1260. The first-order valence-electron chi connectivity index (χ1n) is 10.2. The Labute approximate surface area is 182 Å². The van der Waals surface area contributed by atoms with E-state index in [1.807, 2.05) is 17.9 Å². The molecule has 6 nitrogen and oxygen atoms in total. The first-order valence-corrected chi connectivity index (χ1v) is 10.2. The van der Waals surface area contributed by atoms with Crippen molar-refractivity contribution in [1.82, 2.24) is 9.55 Å². The van der Waals surface area contributed by atoms with Crippen molar-refractivity contribution in [3.05, 3.63) is 64.1 Å². The van der Waals surface area contributed by atoms with E-state index in [2.05, 4.69) is 4.98 Å². The Morgan fingerprint density at radius 3 is 2.69 bits per heavy atom. The van der Waals surface area contributed by atoms with E-state index in [-0.39, 0.29) is 29.1 Å². The topological polar surface area (TPSA) is 71.2 Å². The van der Waals surface area contributed by atoms with E-state index < -0.39 is 11.7 Å². The number of alkyl halides is 3. The highest BCUT2D eigenvalue weighted by Crippen LogP contribution is 2.34. The quantitative estimate of drug-likeness (QED) is 0.606. The number of benzene rings is 1. The summed E-state index contributed by atoms with van der Waals surface area (Å²) in [5.41, 5.74) is 1.16. The summed E-state index contributed by atoms with van der Waals surface area (Å²) in [5, 5.41) is 9.24. The van der Waals surface area contributed by atoms with Crippen LogP contribution in [0.2, 0.25) is 0 Å². The van der Waals surface area contributed by atoms with E-state index in [1.54, 1.807) is 19.2 Å². The van der Waals surface area contributed by atoms with Crippen LogP contribution in [0.1, 0.15) is 31.0 Å². The third-order valence-electron chi connectivity index (χ3n) is 5.78. The maximum atomic E-state index is 13.0. The number of aromatic nitrogens is 2. The summed E-state index contributed by atoms with van der Waals surface area (Å²) in [4.78, 5) is 19.0. The second-order valence-corrected chi connectivity index (χ2v) is 7.94. The maximum absolute atomic E-state index is 13.0. The molecule has 0 amide bonds. The van der Waals surface area contributed by atoms with Crippen LogP contribution in [-0.2, 0) is 13.2 Å². The molecule has 3 heterocycles. The van der Waals surface area contributed by atoms with Crippen LogP contribution in [0.3, 0.4) is 0 Å². The Balaban J connectivity index is 1.58. The number of hydrogen-bond donors (Lipinski definition) is 0. The average molecular weight is 442 g/mol. The minimum Gasteiger partial charge on any atom is -0.490 e. The van der Waals surface area contributed by atoms with E-state index in [0.29, 0.717) is 36.1 Å². The van der Waals surface area contributed by atoms with E-state index in [1.165, 1.54) is 22.8 Å². The third kappa shape index (κ3) is 4.13. The fourth-order valence-electron chi connectivity index (χ4n) is 4.13. The molecule has 1 fully saturated rings. The largest absolute Gasteiger partial charge is 0.490 e. The molecule has 1 aromatic carbocycles. The van der Waals surface area contributed by atoms with Crippen LogP contribution >= 0.6 is 0 Å². The number of fused-ring (bicyclic) bond motifs is 1. The number of aryl methyl sites for hydroxylation is 1. The smallest absolute Gasteiger partial charge is 0.416 e. The van der Waals surface area contributed by atoms with Gasteiger partial charge in [-0.1, -0.05) is 6.07 Å². The summed E-state index contributed by atoms with van der Waals surface area (Å²) in [5.74, 6) is 0.185. The highest BCUT2D eigenvalue weighted by Gasteiger charge is 2.32. The second kappa shape index (κ2) is 8.19. The molecule has 0 radical (unpaired) electrons. The van der Waals surface area contributed by atoms with Crippen molar-refractivity contribution in [1.29, 1.82) is 5.26 Å². The minimum atomic E-state index is -4.42. The Hall–Kier alpha value is -3.54. The van der Waals surface area contributed by atoms with E-state index in [9.17, 15) is 23.2 Å². The first-order chi connectivity index (χ1) is 15.2. The molecule has 0 aliphatic carbocycles. The zero-order valence-electron chi connectivity index (χ0n) is 17.6. The number of pyridine rings is 2. The van der Waals surface area contributed by atoms with Crippen molar-refractivity contribution in [2.24, 2.45) is 7.05 Å². The van der Waals surface area contributed by atoms with Crippen LogP contribution in [0.5, 0.6) is 5.75 Å². The fraction of sp³-hybridized carbons (Fsp3) is 0.348. The second-order valence-electron chi connectivity index (χ2n) is 7.94. The summed E-state index contributed by atoms with van der Waals surface area (Å²) in [6.45, 7) is 2.50. The van der Waals surface area contributed by atoms with E-state index >= 15 is 0 Å². The molecule has 4 rings (SSSR count). The number of anilines is 1. The molecule has 0 spiro atoms. The van der Waals surface area contributed by atoms with Gasteiger partial charge >= 0.3 is 6.18 Å². The molecule has 0 unspecified atom stereocenters. The molecule has 0 bridgehead atoms. The van der Waals surface area contributed by atoms with Gasteiger partial charge in [0.1, 0.15) is 29.1 Å². The van der Waals surface area contributed by atoms with Gasteiger partial charge in [-0.25, -0.2) is 4.98 Å². The maximum Gasteiger partial charge on any atom is 0.416 e. The third-order valence-corrected chi connectivity index (χ3v) is 5.78. The van der Waals surface area contributed by atoms with Crippen molar-refractivity contribution in [3.8, 4) is 11.8 Å². The summed E-state index contributed by atoms with van der Waals surface area (Å²) in [6.07, 6.45) is -3.56. The molecule has 2 atom stereocenters. The molecular weight excluding hydrogens is 421 g/mol. The number of piperidine rings is 1. The number of rotatable bonds is 3. The Morgan fingerprint density at radius 1 is 1.22 bits per heavy atom. The van der Waals surface area contributed by atoms with Gasteiger partial charge in [0, 0.05) is 38.5 Å². The predicted octanol–water partition coefficient (Wildman–Crippen LogP) is 4.26. The van der Waals surface area contributed by atoms with Crippen LogP contribution in [0.4, 0.5) is 18.9 Å². The average Bonchev–Trinajstić information content (AvgIpc) is 2.76. The molecule has 32 heavy (non-hydrogen) atoms. The summed E-state index contributed by atoms with van der Waals surface area (Å²) in [6, 6.07) is 11.7. The van der Waals surface area contributed by atoms with Gasteiger partial charge in [0.05, 0.1) is 16.8 Å². The molecular formula is C23H21F3N4O2. The SMILES string of the molecule is C[C@@H]1C[C@@H](Oc2cccc(C(F)(F)F)c2)CCN1c1cc(=O)n(C)c2ccc(C#N)nc12. The molecule has 1 aliphatic rings. The van der Waals surface area contributed by atoms with Gasteiger partial charge in [-0.2, -0.15) is 18.4 Å². The number of hydrogen-bond acceptors (Lipinski definition) is 5. The lowest BCUT2D eigenvalue weighted by atomic mass is 9.99. The summed E-state index contributed by atoms with van der Waals surface area (Å²) >= 11 is 0. The first kappa shape index (κ1) is 21.7. The molecule has 1 aliphatic heterocycles. The monoisotopic (exact) mass is 442 g/mol. The number of halogens is 3. The number of ether oxygens (including phenoxy) is 1. The minimum absolute atomic E-state index is 0.0533. The van der Waals surface area contributed by atoms with Gasteiger partial charge in [0.15, 0.2) is 0 Å². The predicted molar refractivity (Wildman–Crippen MR) is 114 cm³/mol. The lowest BCUT2D eigenvalue weighted by Gasteiger charge is -2.39. The number of nitriles is 1. The zero-order valence-corrected chi connectivity index (χ0v) is 17.6. The van der Waals surface area contributed by atoms with Crippen LogP contribution in [0.15, 0.2) is 47.3 Å². The van der Waals surface area contributed by atoms with Crippen molar-refractivity contribution in [3.63, 3.8) is 0 Å². The number of nitrogens with zero attached hydrogens (tertiary/aromatic N) is 4.